The first kappa shape index (κ1) is 61.9. The van der Waals surface area contributed by atoms with Crippen LogP contribution in [-0.4, -0.2) is 166 Å². The second-order valence-corrected chi connectivity index (χ2v) is 17.8. The maximum absolute atomic E-state index is 11.5. The highest BCUT2D eigenvalue weighted by molar-refractivity contribution is 9.12. The SMILES string of the molecule is O=C(O)CCCCCN1C(=O)C=C(Br)C1=O.O=C(O)CCOCCN1C(=O)C=C(Br)C1=O.[3H]C(C)C(=O)CCCCCN1C(=O)C=C(Br)C1=O.[3H]C(C)C(=O)CCOCCN1C(=O)C=C(Br)C1=O.[3H]CCN.[3H]CCN. The molecule has 0 bridgehead atoms. The van der Waals surface area contributed by atoms with Crippen molar-refractivity contribution in [1.82, 2.24) is 19.6 Å². The number of Topliss-reactive ketones (excluding diaryl/α,β-unsaturated/α-hetero) is 2. The number of amides is 8. The van der Waals surface area contributed by atoms with Crippen LogP contribution in [0, 0.1) is 0 Å². The van der Waals surface area contributed by atoms with Crippen LogP contribution in [0.5, 0.6) is 0 Å². The number of hydrogen-bond acceptors (Lipinski definition) is 16. The number of nitrogens with zero attached hydrogens (tertiary/aromatic N) is 4. The van der Waals surface area contributed by atoms with Crippen molar-refractivity contribution >= 4 is 134 Å². The molecule has 0 saturated heterocycles. The summed E-state index contributed by atoms with van der Waals surface area (Å²) in [5.74, 6) is -4.76. The van der Waals surface area contributed by atoms with Crippen molar-refractivity contribution in [3.63, 3.8) is 0 Å². The standard InChI is InChI=1S/C12H16BrNO3.C11H14BrNO4.C10H12BrNO4.C9H10BrNO5.2C2H7N/c1-2-9(15)6-4-3-5-7-14-11(16)8-10(13)12(14)17;1-2-8(14)3-5-17-6-4-13-10(15)7-9(12)11(13)16;11-7-6-8(13)12(10(7)16)5-3-1-2-4-9(14)15;10-6-5-7(12)11(9(6)15)2-4-16-3-1-8(13)14;2*1-2-3/h8H,2-7H2,1H3;7H,2-6H2,1H3;6H,1-5H2,(H,14,15);5H,1-4H2,(H,13,14);2*2-3H2,1H3/i2*2T;;;2*1T. The van der Waals surface area contributed by atoms with E-state index in [0.29, 0.717) is 83.0 Å². The second-order valence-electron chi connectivity index (χ2n) is 14.4. The van der Waals surface area contributed by atoms with Crippen molar-refractivity contribution in [2.45, 2.75) is 105 Å². The molecule has 6 N–H and O–H groups in total. The van der Waals surface area contributed by atoms with Gasteiger partial charge in [-0.15, -0.1) is 0 Å². The van der Waals surface area contributed by atoms with E-state index in [-0.39, 0.29) is 119 Å². The number of carboxylic acids is 2. The Morgan fingerprint density at radius 3 is 1.06 bits per heavy atom. The lowest BCUT2D eigenvalue weighted by atomic mass is 10.1. The lowest BCUT2D eigenvalue weighted by Crippen LogP contribution is -2.33. The Hall–Kier alpha value is -4.44. The number of unbranched alkanes of at least 4 members (excludes halogenated alkanes) is 4. The van der Waals surface area contributed by atoms with Crippen LogP contribution in [0.25, 0.3) is 0 Å². The minimum Gasteiger partial charge on any atom is -0.481 e. The highest BCUT2D eigenvalue weighted by Gasteiger charge is 2.31. The van der Waals surface area contributed by atoms with Crippen molar-refractivity contribution < 1.29 is 82.7 Å². The first-order valence-electron chi connectivity index (χ1n) is 24.7. The number of hydrogen-bond donors (Lipinski definition) is 4. The van der Waals surface area contributed by atoms with Crippen LogP contribution < -0.4 is 11.5 Å². The average molecular weight is 1290 g/mol. The molecule has 4 aliphatic heterocycles. The zero-order chi connectivity index (χ0) is 58.5. The number of ether oxygens (including phenoxy) is 2. The Morgan fingerprint density at radius 2 is 0.778 bits per heavy atom. The minimum atomic E-state index is -0.947. The van der Waals surface area contributed by atoms with Crippen molar-refractivity contribution in [2.75, 3.05) is 65.7 Å². The third kappa shape index (κ3) is 29.9. The summed E-state index contributed by atoms with van der Waals surface area (Å²) in [6.07, 6.45) is 8.20. The van der Waals surface area contributed by atoms with Gasteiger partial charge in [0.1, 0.15) is 11.6 Å². The fraction of sp³-hybridized carbons (Fsp3) is 0.565. The Balaban J connectivity index is 0. The maximum atomic E-state index is 11.5. The van der Waals surface area contributed by atoms with Crippen LogP contribution >= 0.6 is 63.7 Å². The number of nitrogens with two attached hydrogens (primary N) is 2. The monoisotopic (exact) mass is 1280 g/mol. The first-order valence-corrected chi connectivity index (χ1v) is 25.3. The van der Waals surface area contributed by atoms with E-state index in [9.17, 15) is 57.5 Å². The lowest BCUT2D eigenvalue weighted by Gasteiger charge is -2.13. The molecule has 0 aliphatic carbocycles. The molecule has 2 atom stereocenters. The van der Waals surface area contributed by atoms with Gasteiger partial charge in [0.05, 0.1) is 63.9 Å². The normalized spacial score (nSPS) is 16.3. The van der Waals surface area contributed by atoms with Gasteiger partial charge in [0, 0.05) is 74.9 Å². The summed E-state index contributed by atoms with van der Waals surface area (Å²) < 4.78 is 38.2. The largest absolute Gasteiger partial charge is 0.481 e. The molecule has 22 nitrogen and oxygen atoms in total. The number of carboxylic acid groups (broad SMARTS) is 2. The van der Waals surface area contributed by atoms with E-state index >= 15 is 0 Å². The van der Waals surface area contributed by atoms with E-state index in [2.05, 4.69) is 63.7 Å². The van der Waals surface area contributed by atoms with Crippen LogP contribution in [0.15, 0.2) is 42.2 Å². The highest BCUT2D eigenvalue weighted by atomic mass is 79.9. The number of halogens is 4. The molecule has 0 aromatic rings. The Morgan fingerprint density at radius 1 is 0.486 bits per heavy atom. The van der Waals surface area contributed by atoms with E-state index in [1.165, 1.54) is 36.1 Å². The van der Waals surface area contributed by atoms with Crippen LogP contribution in [0.2, 0.25) is 0 Å². The first-order chi connectivity index (χ1) is 35.7. The summed E-state index contributed by atoms with van der Waals surface area (Å²) in [5.41, 5.74) is 9.68. The number of rotatable bonds is 26. The summed E-state index contributed by atoms with van der Waals surface area (Å²) in [6.45, 7) is 6.35. The Kier molecular flexibility index (Phi) is 35.2. The fourth-order valence-corrected chi connectivity index (χ4v) is 7.00. The van der Waals surface area contributed by atoms with Crippen molar-refractivity contribution in [2.24, 2.45) is 11.5 Å². The summed E-state index contributed by atoms with van der Waals surface area (Å²) >= 11 is 12.0. The predicted octanol–water partition coefficient (Wildman–Crippen LogP) is 4.53. The molecule has 0 aromatic carbocycles. The number of carbonyl (C=O) groups is 12. The summed E-state index contributed by atoms with van der Waals surface area (Å²) in [6, 6.07) is 0. The van der Waals surface area contributed by atoms with Crippen LogP contribution in [0.3, 0.4) is 0 Å². The molecule has 404 valence electrons. The molecule has 4 rings (SSSR count). The van der Waals surface area contributed by atoms with E-state index < -0.39 is 36.5 Å². The topological polar surface area (TPSA) is 329 Å². The molecule has 8 amide bonds. The van der Waals surface area contributed by atoms with Gasteiger partial charge in [-0.3, -0.25) is 77.1 Å². The van der Waals surface area contributed by atoms with E-state index in [1.54, 1.807) is 6.92 Å². The van der Waals surface area contributed by atoms with Gasteiger partial charge in [-0.2, -0.15) is 0 Å². The van der Waals surface area contributed by atoms with Crippen molar-refractivity contribution in [1.29, 1.82) is 0 Å². The average Bonchev–Trinajstić information content (AvgIpc) is 3.96. The third-order valence-corrected chi connectivity index (χ3v) is 11.2. The molecule has 0 spiro atoms. The number of imide groups is 4. The second kappa shape index (κ2) is 41.0. The van der Waals surface area contributed by atoms with Gasteiger partial charge in [-0.1, -0.05) is 40.5 Å². The zero-order valence-corrected chi connectivity index (χ0v) is 46.4. The molecule has 0 aromatic heterocycles. The lowest BCUT2D eigenvalue weighted by molar-refractivity contribution is -0.140. The molecule has 26 heteroatoms. The molecule has 4 aliphatic rings. The van der Waals surface area contributed by atoms with Crippen LogP contribution in [-0.2, 0) is 67.0 Å². The zero-order valence-electron chi connectivity index (χ0n) is 44.1. The molecule has 72 heavy (non-hydrogen) atoms. The highest BCUT2D eigenvalue weighted by Crippen LogP contribution is 2.21. The smallest absolute Gasteiger partial charge is 0.305 e. The number of aliphatic carboxylic acids is 2. The predicted molar refractivity (Wildman–Crippen MR) is 278 cm³/mol. The minimum absolute atomic E-state index is 0.0623. The molecule has 0 fully saturated rings. The van der Waals surface area contributed by atoms with Gasteiger partial charge in [0.2, 0.25) is 0 Å². The van der Waals surface area contributed by atoms with Crippen molar-refractivity contribution in [3.8, 4) is 0 Å². The van der Waals surface area contributed by atoms with Crippen molar-refractivity contribution in [3.05, 3.63) is 42.2 Å². The van der Waals surface area contributed by atoms with Gasteiger partial charge >= 0.3 is 11.9 Å². The number of carbonyl (C=O) groups excluding carboxylic acids is 10. The molecular weight excluding hydrogens is 1210 g/mol. The Labute approximate surface area is 458 Å². The molecule has 0 radical (unpaired) electrons. The molecule has 4 heterocycles. The van der Waals surface area contributed by atoms with E-state index in [1.807, 2.05) is 0 Å². The molecule has 2 unspecified atom stereocenters. The van der Waals surface area contributed by atoms with Gasteiger partial charge in [0.25, 0.3) is 47.3 Å². The maximum Gasteiger partial charge on any atom is 0.305 e. The quantitative estimate of drug-likeness (QED) is 0.0683. The summed E-state index contributed by atoms with van der Waals surface area (Å²) in [7, 11) is 0. The Bertz CT molecular complexity index is 2000. The van der Waals surface area contributed by atoms with Gasteiger partial charge in [0.15, 0.2) is 0 Å². The van der Waals surface area contributed by atoms with Gasteiger partial charge in [-0.05, 0) is 102 Å². The van der Waals surface area contributed by atoms with E-state index in [4.69, 9.17) is 36.6 Å². The van der Waals surface area contributed by atoms with Gasteiger partial charge in [-0.25, -0.2) is 0 Å². The van der Waals surface area contributed by atoms with Crippen LogP contribution in [0.1, 0.15) is 110 Å². The van der Waals surface area contributed by atoms with Gasteiger partial charge < -0.3 is 31.2 Å². The van der Waals surface area contributed by atoms with Crippen LogP contribution in [0.4, 0.5) is 0 Å². The molecule has 0 saturated carbocycles. The number of ketones is 2. The third-order valence-electron chi connectivity index (χ3n) is 8.96. The van der Waals surface area contributed by atoms with E-state index in [0.717, 1.165) is 21.1 Å². The molecular formula is C46H66Br4N6O16. The summed E-state index contributed by atoms with van der Waals surface area (Å²) in [5, 5.41) is 16.7. The summed E-state index contributed by atoms with van der Waals surface area (Å²) in [4.78, 5) is 138. The fourth-order valence-electron chi connectivity index (χ4n) is 5.36.